The van der Waals surface area contributed by atoms with Crippen LogP contribution in [0.5, 0.6) is 0 Å². The molecule has 10 heteroatoms. The molecule has 25 heavy (non-hydrogen) atoms. The van der Waals surface area contributed by atoms with Gasteiger partial charge in [0.2, 0.25) is 11.8 Å². The molecule has 138 valence electrons. The van der Waals surface area contributed by atoms with E-state index in [0.29, 0.717) is 49.8 Å². The minimum atomic E-state index is -3.49. The predicted octanol–water partition coefficient (Wildman–Crippen LogP) is 1.36. The molecular formula is C15H20BrN3O4S2. The molecule has 2 aliphatic rings. The number of amides is 2. The van der Waals surface area contributed by atoms with Crippen molar-refractivity contribution in [3.05, 3.63) is 15.9 Å². The van der Waals surface area contributed by atoms with Crippen molar-refractivity contribution in [2.24, 2.45) is 0 Å². The molecule has 0 saturated carbocycles. The van der Waals surface area contributed by atoms with Crippen LogP contribution in [-0.2, 0) is 19.6 Å². The summed E-state index contributed by atoms with van der Waals surface area (Å²) in [7, 11) is -3.49. The molecule has 1 aromatic heterocycles. The molecule has 2 saturated heterocycles. The molecule has 2 aliphatic heterocycles. The van der Waals surface area contributed by atoms with E-state index in [1.807, 2.05) is 0 Å². The Balaban J connectivity index is 1.51. The van der Waals surface area contributed by atoms with Crippen molar-refractivity contribution in [3.63, 3.8) is 0 Å². The van der Waals surface area contributed by atoms with Crippen molar-refractivity contribution in [1.29, 1.82) is 0 Å². The molecule has 2 fully saturated rings. The molecule has 3 rings (SSSR count). The second-order valence-corrected chi connectivity index (χ2v) is 10.7. The average molecular weight is 450 g/mol. The smallest absolute Gasteiger partial charge is 0.252 e. The van der Waals surface area contributed by atoms with Gasteiger partial charge in [-0.05, 0) is 34.5 Å². The van der Waals surface area contributed by atoms with Gasteiger partial charge in [-0.25, -0.2) is 8.42 Å². The number of likely N-dealkylation sites (tertiary alicyclic amines) is 1. The summed E-state index contributed by atoms with van der Waals surface area (Å²) in [5, 5.41) is 0. The molecule has 3 heterocycles. The minimum Gasteiger partial charge on any atom is -0.342 e. The van der Waals surface area contributed by atoms with Crippen LogP contribution in [0.25, 0.3) is 0 Å². The van der Waals surface area contributed by atoms with Crippen LogP contribution in [0.4, 0.5) is 0 Å². The van der Waals surface area contributed by atoms with Gasteiger partial charge in [0.25, 0.3) is 10.0 Å². The van der Waals surface area contributed by atoms with Crippen LogP contribution in [0.3, 0.4) is 0 Å². The Kier molecular flexibility index (Phi) is 5.81. The summed E-state index contributed by atoms with van der Waals surface area (Å²) in [5.41, 5.74) is 0. The molecule has 0 N–H and O–H groups in total. The zero-order chi connectivity index (χ0) is 18.0. The number of rotatable bonds is 5. The van der Waals surface area contributed by atoms with Crippen molar-refractivity contribution in [2.75, 3.05) is 39.3 Å². The number of carbonyl (C=O) groups excluding carboxylic acids is 2. The van der Waals surface area contributed by atoms with Gasteiger partial charge in [-0.3, -0.25) is 9.59 Å². The topological polar surface area (TPSA) is 78.0 Å². The van der Waals surface area contributed by atoms with E-state index in [0.717, 1.165) is 16.8 Å². The van der Waals surface area contributed by atoms with Crippen LogP contribution in [0.15, 0.2) is 20.1 Å². The minimum absolute atomic E-state index is 0.0179. The Morgan fingerprint density at radius 3 is 2.44 bits per heavy atom. The highest BCUT2D eigenvalue weighted by molar-refractivity contribution is 9.11. The predicted molar refractivity (Wildman–Crippen MR) is 97.8 cm³/mol. The summed E-state index contributed by atoms with van der Waals surface area (Å²) >= 11 is 4.47. The first-order chi connectivity index (χ1) is 11.9. The highest BCUT2D eigenvalue weighted by Crippen LogP contribution is 2.29. The van der Waals surface area contributed by atoms with Gasteiger partial charge < -0.3 is 9.80 Å². The van der Waals surface area contributed by atoms with E-state index in [4.69, 9.17) is 0 Å². The van der Waals surface area contributed by atoms with Crippen LogP contribution < -0.4 is 0 Å². The fraction of sp³-hybridized carbons (Fsp3) is 0.600. The van der Waals surface area contributed by atoms with Crippen molar-refractivity contribution >= 4 is 49.1 Å². The Morgan fingerprint density at radius 1 is 1.16 bits per heavy atom. The largest absolute Gasteiger partial charge is 0.342 e. The van der Waals surface area contributed by atoms with Gasteiger partial charge in [0, 0.05) is 52.1 Å². The molecule has 0 spiro atoms. The van der Waals surface area contributed by atoms with Crippen LogP contribution in [0.2, 0.25) is 0 Å². The number of sulfonamides is 1. The molecule has 0 aliphatic carbocycles. The van der Waals surface area contributed by atoms with Crippen LogP contribution in [0, 0.1) is 0 Å². The quantitative estimate of drug-likeness (QED) is 0.679. The molecule has 0 atom stereocenters. The molecule has 2 amide bonds. The van der Waals surface area contributed by atoms with Gasteiger partial charge in [-0.2, -0.15) is 4.31 Å². The zero-order valence-electron chi connectivity index (χ0n) is 13.7. The van der Waals surface area contributed by atoms with Crippen molar-refractivity contribution < 1.29 is 18.0 Å². The normalized spacial score (nSPS) is 19.6. The number of hydrogen-bond donors (Lipinski definition) is 0. The highest BCUT2D eigenvalue weighted by Gasteiger charge is 2.31. The van der Waals surface area contributed by atoms with Crippen LogP contribution in [0.1, 0.15) is 19.3 Å². The molecule has 0 aromatic carbocycles. The third-order valence-electron chi connectivity index (χ3n) is 4.50. The maximum Gasteiger partial charge on any atom is 0.252 e. The Morgan fingerprint density at radius 2 is 1.88 bits per heavy atom. The number of carbonyl (C=O) groups is 2. The second kappa shape index (κ2) is 7.73. The van der Waals surface area contributed by atoms with E-state index < -0.39 is 10.0 Å². The maximum absolute atomic E-state index is 12.6. The third kappa shape index (κ3) is 4.24. The number of nitrogens with zero attached hydrogens (tertiary/aromatic N) is 3. The molecule has 1 aromatic rings. The van der Waals surface area contributed by atoms with Crippen molar-refractivity contribution in [1.82, 2.24) is 14.1 Å². The zero-order valence-corrected chi connectivity index (χ0v) is 16.9. The Labute approximate surface area is 159 Å². The lowest BCUT2D eigenvalue weighted by Crippen LogP contribution is -2.50. The van der Waals surface area contributed by atoms with Gasteiger partial charge in [-0.1, -0.05) is 0 Å². The summed E-state index contributed by atoms with van der Waals surface area (Å²) < 4.78 is 27.7. The fourth-order valence-corrected chi connectivity index (χ4v) is 6.66. The Hall–Kier alpha value is -0.970. The summed E-state index contributed by atoms with van der Waals surface area (Å²) in [5.74, 6) is 0.0986. The second-order valence-electron chi connectivity index (χ2n) is 6.08. The molecule has 7 nitrogen and oxygen atoms in total. The monoisotopic (exact) mass is 449 g/mol. The van der Waals surface area contributed by atoms with Crippen LogP contribution in [-0.4, -0.2) is 73.6 Å². The first-order valence-corrected chi connectivity index (χ1v) is 11.2. The van der Waals surface area contributed by atoms with Gasteiger partial charge in [-0.15, -0.1) is 11.3 Å². The van der Waals surface area contributed by atoms with E-state index in [-0.39, 0.29) is 11.8 Å². The first-order valence-electron chi connectivity index (χ1n) is 8.19. The summed E-state index contributed by atoms with van der Waals surface area (Å²) in [6, 6.07) is 3.31. The lowest BCUT2D eigenvalue weighted by molar-refractivity contribution is -0.133. The lowest BCUT2D eigenvalue weighted by Gasteiger charge is -2.34. The average Bonchev–Trinajstić information content (AvgIpc) is 3.21. The van der Waals surface area contributed by atoms with E-state index >= 15 is 0 Å². The molecule has 0 radical (unpaired) electrons. The summed E-state index contributed by atoms with van der Waals surface area (Å²) in [6.07, 6.45) is 1.74. The van der Waals surface area contributed by atoms with Gasteiger partial charge in [0.1, 0.15) is 4.21 Å². The third-order valence-corrected chi connectivity index (χ3v) is 8.49. The lowest BCUT2D eigenvalue weighted by atomic mass is 10.3. The number of hydrogen-bond acceptors (Lipinski definition) is 5. The Bertz CT molecular complexity index is 757. The van der Waals surface area contributed by atoms with Gasteiger partial charge >= 0.3 is 0 Å². The molecule has 0 bridgehead atoms. The van der Waals surface area contributed by atoms with Gasteiger partial charge in [0.05, 0.1) is 3.79 Å². The van der Waals surface area contributed by atoms with Gasteiger partial charge in [0.15, 0.2) is 0 Å². The highest BCUT2D eigenvalue weighted by atomic mass is 79.9. The van der Waals surface area contributed by atoms with E-state index in [1.165, 1.54) is 15.6 Å². The SMILES string of the molecule is O=C1CCCN1CCC(=O)N1CCN(S(=O)(=O)c2ccc(Br)s2)CC1. The van der Waals surface area contributed by atoms with Crippen molar-refractivity contribution in [3.8, 4) is 0 Å². The number of halogens is 1. The summed E-state index contributed by atoms with van der Waals surface area (Å²) in [6.45, 7) is 2.56. The maximum atomic E-state index is 12.6. The number of piperazine rings is 1. The van der Waals surface area contributed by atoms with E-state index in [9.17, 15) is 18.0 Å². The number of thiophene rings is 1. The van der Waals surface area contributed by atoms with Crippen molar-refractivity contribution in [2.45, 2.75) is 23.5 Å². The van der Waals surface area contributed by atoms with E-state index in [1.54, 1.807) is 21.9 Å². The molecule has 0 unspecified atom stereocenters. The van der Waals surface area contributed by atoms with Crippen LogP contribution >= 0.6 is 27.3 Å². The first kappa shape index (κ1) is 18.8. The fourth-order valence-electron chi connectivity index (χ4n) is 3.07. The summed E-state index contributed by atoms with van der Waals surface area (Å²) in [4.78, 5) is 27.3. The standard InChI is InChI=1S/C15H20BrN3O4S2/c16-12-3-4-15(24-12)25(22,23)19-10-8-18(9-11-19)14(21)5-7-17-6-1-2-13(17)20/h3-4H,1-2,5-11H2. The van der Waals surface area contributed by atoms with E-state index in [2.05, 4.69) is 15.9 Å². The molecular weight excluding hydrogens is 430 g/mol.